The van der Waals surface area contributed by atoms with Crippen molar-refractivity contribution < 1.29 is 0 Å². The third-order valence-corrected chi connectivity index (χ3v) is 2.44. The zero-order valence-corrected chi connectivity index (χ0v) is 15.3. The van der Waals surface area contributed by atoms with Crippen molar-refractivity contribution in [3.63, 3.8) is 0 Å². The number of rotatable bonds is 2. The maximum atomic E-state index is 3.60. The summed E-state index contributed by atoms with van der Waals surface area (Å²) in [4.78, 5) is 0. The van der Waals surface area contributed by atoms with E-state index >= 15 is 0 Å². The van der Waals surface area contributed by atoms with Crippen molar-refractivity contribution >= 4 is 10.8 Å². The van der Waals surface area contributed by atoms with Crippen LogP contribution >= 0.6 is 0 Å². The summed E-state index contributed by atoms with van der Waals surface area (Å²) in [6, 6.07) is 16.7. The molecule has 0 fully saturated rings. The van der Waals surface area contributed by atoms with Crippen LogP contribution in [-0.4, -0.2) is 13.6 Å². The molecule has 2 heteroatoms. The highest BCUT2D eigenvalue weighted by atomic mass is 15.1. The van der Waals surface area contributed by atoms with Gasteiger partial charge in [0.05, 0.1) is 6.54 Å². The summed E-state index contributed by atoms with van der Waals surface area (Å²) in [5, 5.41) is 9.70. The molecule has 0 heterocycles. The second-order valence-corrected chi connectivity index (χ2v) is 4.71. The van der Waals surface area contributed by atoms with Gasteiger partial charge in [0, 0.05) is 7.05 Å². The normalized spacial score (nSPS) is 9.00. The minimum Gasteiger partial charge on any atom is -0.198 e. The van der Waals surface area contributed by atoms with Gasteiger partial charge in [-0.25, -0.2) is 0 Å². The molecule has 2 rings (SSSR count). The zero-order chi connectivity index (χ0) is 17.1. The van der Waals surface area contributed by atoms with Gasteiger partial charge in [0.25, 0.3) is 0 Å². The predicted octanol–water partition coefficient (Wildman–Crippen LogP) is 7.15. The van der Waals surface area contributed by atoms with Gasteiger partial charge in [-0.2, -0.15) is 10.2 Å². The smallest absolute Gasteiger partial charge is 0.0570 e. The average molecular weight is 303 g/mol. The van der Waals surface area contributed by atoms with Crippen LogP contribution in [0.25, 0.3) is 10.8 Å². The third-order valence-electron chi connectivity index (χ3n) is 2.44. The Labute approximate surface area is 137 Å². The van der Waals surface area contributed by atoms with Gasteiger partial charge in [-0.3, -0.25) is 0 Å². The van der Waals surface area contributed by atoms with E-state index in [1.54, 1.807) is 7.05 Å². The fraction of sp³-hybridized carbons (Fsp3) is 0.500. The molecule has 0 saturated carbocycles. The first-order chi connectivity index (χ1) is 10.7. The van der Waals surface area contributed by atoms with Gasteiger partial charge in [-0.15, -0.1) is 0 Å². The minimum atomic E-state index is 0.802. The molecule has 0 amide bonds. The Morgan fingerprint density at radius 3 is 1.14 bits per heavy atom. The molecule has 0 aromatic heterocycles. The van der Waals surface area contributed by atoms with Crippen LogP contribution < -0.4 is 0 Å². The molecule has 124 valence electrons. The van der Waals surface area contributed by atoms with Gasteiger partial charge in [0.15, 0.2) is 0 Å². The summed E-state index contributed by atoms with van der Waals surface area (Å²) in [6.45, 7) is 11.4. The lowest BCUT2D eigenvalue weighted by atomic mass is 10.1. The summed E-state index contributed by atoms with van der Waals surface area (Å²) in [6.07, 6.45) is 3.89. The van der Waals surface area contributed by atoms with Crippen LogP contribution in [0.3, 0.4) is 0 Å². The first kappa shape index (κ1) is 22.6. The number of hydrogen-bond acceptors (Lipinski definition) is 2. The first-order valence-electron chi connectivity index (χ1n) is 8.40. The summed E-state index contributed by atoms with van der Waals surface area (Å²) in [7, 11) is 1.67. The van der Waals surface area contributed by atoms with Gasteiger partial charge in [-0.1, -0.05) is 95.5 Å². The third kappa shape index (κ3) is 14.7. The Morgan fingerprint density at radius 1 is 0.682 bits per heavy atom. The van der Waals surface area contributed by atoms with Crippen LogP contribution in [0.2, 0.25) is 0 Å². The largest absolute Gasteiger partial charge is 0.198 e. The van der Waals surface area contributed by atoms with Gasteiger partial charge in [0.2, 0.25) is 0 Å². The van der Waals surface area contributed by atoms with Crippen molar-refractivity contribution in [2.45, 2.75) is 53.9 Å². The SMILES string of the molecule is CCC.CCCC.CCN=NC.c1ccc2ccccc2c1. The van der Waals surface area contributed by atoms with Crippen molar-refractivity contribution in [2.75, 3.05) is 13.6 Å². The average Bonchev–Trinajstić information content (AvgIpc) is 2.57. The second kappa shape index (κ2) is 19.3. The maximum Gasteiger partial charge on any atom is 0.0570 e. The summed E-state index contributed by atoms with van der Waals surface area (Å²) in [5.74, 6) is 0. The van der Waals surface area contributed by atoms with E-state index in [9.17, 15) is 0 Å². The number of azo groups is 1. The van der Waals surface area contributed by atoms with Crippen LogP contribution in [0.4, 0.5) is 0 Å². The molecule has 2 nitrogen and oxygen atoms in total. The topological polar surface area (TPSA) is 24.7 Å². The lowest BCUT2D eigenvalue weighted by molar-refractivity contribution is 0.886. The van der Waals surface area contributed by atoms with E-state index in [0.717, 1.165) is 6.54 Å². The van der Waals surface area contributed by atoms with Crippen LogP contribution in [0, 0.1) is 0 Å². The molecule has 0 unspecified atom stereocenters. The molecule has 0 N–H and O–H groups in total. The van der Waals surface area contributed by atoms with Crippen LogP contribution in [-0.2, 0) is 0 Å². The van der Waals surface area contributed by atoms with E-state index in [2.05, 4.69) is 86.5 Å². The summed E-state index contributed by atoms with van der Waals surface area (Å²) < 4.78 is 0. The maximum absolute atomic E-state index is 3.60. The van der Waals surface area contributed by atoms with Gasteiger partial charge >= 0.3 is 0 Å². The molecule has 0 saturated heterocycles. The molecule has 0 atom stereocenters. The van der Waals surface area contributed by atoms with Crippen LogP contribution in [0.5, 0.6) is 0 Å². The predicted molar refractivity (Wildman–Crippen MR) is 102 cm³/mol. The Hall–Kier alpha value is -1.70. The van der Waals surface area contributed by atoms with Gasteiger partial charge in [0.1, 0.15) is 0 Å². The standard InChI is InChI=1S/C10H8.C4H10.C3H8N2.C3H8/c1-2-6-10-8-4-3-7-9(10)5-1;1-3-4-2;1-3-5-4-2;1-3-2/h1-8H;3-4H2,1-2H3;3H2,1-2H3;3H2,1-2H3. The monoisotopic (exact) mass is 302 g/mol. The molecular weight excluding hydrogens is 268 g/mol. The summed E-state index contributed by atoms with van der Waals surface area (Å²) >= 11 is 0. The number of nitrogens with zero attached hydrogens (tertiary/aromatic N) is 2. The minimum absolute atomic E-state index is 0.802. The molecule has 0 spiro atoms. The molecule has 0 aliphatic rings. The number of benzene rings is 2. The van der Waals surface area contributed by atoms with Gasteiger partial charge in [-0.05, 0) is 17.7 Å². The second-order valence-electron chi connectivity index (χ2n) is 4.71. The highest BCUT2D eigenvalue weighted by Crippen LogP contribution is 2.11. The van der Waals surface area contributed by atoms with Crippen molar-refractivity contribution in [2.24, 2.45) is 10.2 Å². The number of hydrogen-bond donors (Lipinski definition) is 0. The fourth-order valence-corrected chi connectivity index (χ4v) is 1.27. The molecule has 0 aliphatic heterocycles. The Bertz CT molecular complexity index is 396. The Kier molecular flexibility index (Phi) is 19.8. The van der Waals surface area contributed by atoms with Crippen molar-refractivity contribution in [3.05, 3.63) is 48.5 Å². The Morgan fingerprint density at radius 2 is 1.00 bits per heavy atom. The molecule has 2 aromatic carbocycles. The summed E-state index contributed by atoms with van der Waals surface area (Å²) in [5.41, 5.74) is 0. The lowest BCUT2D eigenvalue weighted by Gasteiger charge is -1.92. The number of unbranched alkanes of at least 4 members (excludes halogenated alkanes) is 1. The van der Waals surface area contributed by atoms with Crippen molar-refractivity contribution in [1.29, 1.82) is 0 Å². The molecular formula is C20H34N2. The molecule has 0 aliphatic carbocycles. The number of fused-ring (bicyclic) bond motifs is 1. The van der Waals surface area contributed by atoms with E-state index in [-0.39, 0.29) is 0 Å². The van der Waals surface area contributed by atoms with Crippen LogP contribution in [0.1, 0.15) is 53.9 Å². The van der Waals surface area contributed by atoms with E-state index in [1.165, 1.54) is 30.0 Å². The van der Waals surface area contributed by atoms with E-state index in [1.807, 2.05) is 6.92 Å². The van der Waals surface area contributed by atoms with E-state index < -0.39 is 0 Å². The first-order valence-corrected chi connectivity index (χ1v) is 8.40. The van der Waals surface area contributed by atoms with Gasteiger partial charge < -0.3 is 0 Å². The van der Waals surface area contributed by atoms with Crippen molar-refractivity contribution in [1.82, 2.24) is 0 Å². The lowest BCUT2D eigenvalue weighted by Crippen LogP contribution is -1.67. The molecule has 0 bridgehead atoms. The van der Waals surface area contributed by atoms with E-state index in [0.29, 0.717) is 0 Å². The molecule has 2 aromatic rings. The quantitative estimate of drug-likeness (QED) is 0.526. The highest BCUT2D eigenvalue weighted by Gasteiger charge is 1.85. The van der Waals surface area contributed by atoms with E-state index in [4.69, 9.17) is 0 Å². The zero-order valence-electron chi connectivity index (χ0n) is 15.3. The fourth-order valence-electron chi connectivity index (χ4n) is 1.27. The molecule has 0 radical (unpaired) electrons. The van der Waals surface area contributed by atoms with Crippen LogP contribution in [0.15, 0.2) is 58.8 Å². The van der Waals surface area contributed by atoms with Crippen molar-refractivity contribution in [3.8, 4) is 0 Å². The highest BCUT2D eigenvalue weighted by molar-refractivity contribution is 5.81. The molecule has 22 heavy (non-hydrogen) atoms. The Balaban J connectivity index is 0.